The normalized spacial score (nSPS) is 21.8. The number of unbranched alkanes of at least 4 members (excludes halogenated alkanes) is 2. The van der Waals surface area contributed by atoms with Crippen molar-refractivity contribution >= 4 is 17.7 Å². The van der Waals surface area contributed by atoms with Crippen LogP contribution in [0.5, 0.6) is 0 Å². The molecule has 13 heavy (non-hydrogen) atoms. The van der Waals surface area contributed by atoms with E-state index in [1.165, 1.54) is 0 Å². The highest BCUT2D eigenvalue weighted by atomic mass is 32.2. The maximum Gasteiger partial charge on any atom is 0.307 e. The van der Waals surface area contributed by atoms with E-state index in [9.17, 15) is 4.79 Å². The quantitative estimate of drug-likeness (QED) is 0.545. The van der Waals surface area contributed by atoms with Gasteiger partial charge in [0, 0.05) is 18.7 Å². The Morgan fingerprint density at radius 1 is 1.62 bits per heavy atom. The van der Waals surface area contributed by atoms with Crippen molar-refractivity contribution in [3.63, 3.8) is 0 Å². The van der Waals surface area contributed by atoms with Crippen LogP contribution in [0.2, 0.25) is 0 Å². The molecule has 1 aliphatic heterocycles. The highest BCUT2D eigenvalue weighted by Gasteiger charge is 2.18. The van der Waals surface area contributed by atoms with Crippen molar-refractivity contribution in [1.82, 2.24) is 5.32 Å². The van der Waals surface area contributed by atoms with E-state index < -0.39 is 0 Å². The molecule has 0 amide bonds. The molecule has 4 heteroatoms. The Morgan fingerprint density at radius 2 is 2.46 bits per heavy atom. The summed E-state index contributed by atoms with van der Waals surface area (Å²) in [5.41, 5.74) is -0.0888. The molecule has 0 saturated carbocycles. The Morgan fingerprint density at radius 3 is 3.08 bits per heavy atom. The fourth-order valence-corrected chi connectivity index (χ4v) is 2.04. The molecule has 1 saturated heterocycles. The molecule has 0 aromatic heterocycles. The van der Waals surface area contributed by atoms with Gasteiger partial charge in [0.05, 0.1) is 0 Å². The van der Waals surface area contributed by atoms with Crippen molar-refractivity contribution < 1.29 is 9.53 Å². The van der Waals surface area contributed by atoms with E-state index in [4.69, 9.17) is 4.74 Å². The van der Waals surface area contributed by atoms with Crippen molar-refractivity contribution in [2.45, 2.75) is 38.2 Å². The highest BCUT2D eigenvalue weighted by molar-refractivity contribution is 8.00. The summed E-state index contributed by atoms with van der Waals surface area (Å²) in [5, 5.41) is 3.10. The number of hydrogen-bond acceptors (Lipinski definition) is 4. The van der Waals surface area contributed by atoms with Gasteiger partial charge < -0.3 is 4.74 Å². The monoisotopic (exact) mass is 203 g/mol. The third kappa shape index (κ3) is 4.52. The molecule has 1 rings (SSSR count). The van der Waals surface area contributed by atoms with Gasteiger partial charge in [0.15, 0.2) is 0 Å². The summed E-state index contributed by atoms with van der Waals surface area (Å²) in [7, 11) is 0. The first-order valence-corrected chi connectivity index (χ1v) is 5.92. The van der Waals surface area contributed by atoms with Crippen LogP contribution in [-0.4, -0.2) is 23.8 Å². The molecule has 1 fully saturated rings. The van der Waals surface area contributed by atoms with Gasteiger partial charge in [-0.3, -0.25) is 10.1 Å². The molecular weight excluding hydrogens is 186 g/mol. The van der Waals surface area contributed by atoms with Crippen LogP contribution < -0.4 is 5.32 Å². The van der Waals surface area contributed by atoms with Crippen LogP contribution in [0.4, 0.5) is 0 Å². The van der Waals surface area contributed by atoms with Crippen molar-refractivity contribution in [2.24, 2.45) is 0 Å². The Hall–Kier alpha value is -0.220. The van der Waals surface area contributed by atoms with Gasteiger partial charge in [-0.25, -0.2) is 0 Å². The summed E-state index contributed by atoms with van der Waals surface area (Å²) < 4.78 is 5.17. The molecule has 0 bridgehead atoms. The average Bonchev–Trinajstić information content (AvgIpc) is 2.57. The summed E-state index contributed by atoms with van der Waals surface area (Å²) in [6, 6.07) is 0. The molecule has 0 spiro atoms. The Labute approximate surface area is 83.6 Å². The summed E-state index contributed by atoms with van der Waals surface area (Å²) in [4.78, 5) is 11.2. The predicted octanol–water partition coefficient (Wildman–Crippen LogP) is 1.73. The zero-order valence-corrected chi connectivity index (χ0v) is 8.86. The molecule has 1 aliphatic rings. The minimum absolute atomic E-state index is 0.0691. The zero-order chi connectivity index (χ0) is 9.52. The van der Waals surface area contributed by atoms with E-state index in [-0.39, 0.29) is 11.5 Å². The number of thioether (sulfide) groups is 1. The van der Waals surface area contributed by atoms with E-state index in [0.29, 0.717) is 6.42 Å². The largest absolute Gasteiger partial charge is 0.437 e. The Bertz CT molecular complexity index is 158. The molecule has 76 valence electrons. The lowest BCUT2D eigenvalue weighted by molar-refractivity contribution is -0.146. The number of rotatable bonds is 5. The van der Waals surface area contributed by atoms with Gasteiger partial charge in [-0.15, -0.1) is 11.8 Å². The molecule has 3 nitrogen and oxygen atoms in total. The maximum atomic E-state index is 11.2. The second kappa shape index (κ2) is 6.27. The van der Waals surface area contributed by atoms with E-state index in [1.807, 2.05) is 0 Å². The number of carbonyl (C=O) groups is 1. The van der Waals surface area contributed by atoms with Crippen LogP contribution in [0.3, 0.4) is 0 Å². The second-order valence-electron chi connectivity index (χ2n) is 3.10. The summed E-state index contributed by atoms with van der Waals surface area (Å²) in [6.07, 6.45) is 3.77. The summed E-state index contributed by atoms with van der Waals surface area (Å²) in [5.74, 6) is 0.966. The minimum Gasteiger partial charge on any atom is -0.437 e. The first-order chi connectivity index (χ1) is 6.33. The van der Waals surface area contributed by atoms with Crippen LogP contribution in [0, 0.1) is 0 Å². The third-order valence-corrected chi connectivity index (χ3v) is 2.91. The van der Waals surface area contributed by atoms with Crippen LogP contribution in [-0.2, 0) is 9.53 Å². The van der Waals surface area contributed by atoms with Gasteiger partial charge in [0.25, 0.3) is 0 Å². The molecule has 0 aliphatic carbocycles. The minimum atomic E-state index is -0.0888. The SMILES string of the molecule is CCCCCC(=O)OC1NCCS1. The van der Waals surface area contributed by atoms with Gasteiger partial charge in [-0.1, -0.05) is 19.8 Å². The first-order valence-electron chi connectivity index (χ1n) is 4.87. The number of esters is 1. The fraction of sp³-hybridized carbons (Fsp3) is 0.889. The lowest BCUT2D eigenvalue weighted by atomic mass is 10.2. The predicted molar refractivity (Wildman–Crippen MR) is 54.5 cm³/mol. The summed E-state index contributed by atoms with van der Waals surface area (Å²) >= 11 is 1.66. The van der Waals surface area contributed by atoms with E-state index in [1.54, 1.807) is 11.8 Å². The second-order valence-corrected chi connectivity index (χ2v) is 4.27. The average molecular weight is 203 g/mol. The molecule has 0 aromatic carbocycles. The first kappa shape index (κ1) is 10.9. The smallest absolute Gasteiger partial charge is 0.307 e. The van der Waals surface area contributed by atoms with Crippen LogP contribution in [0.25, 0.3) is 0 Å². The van der Waals surface area contributed by atoms with Crippen LogP contribution in [0.15, 0.2) is 0 Å². The number of carbonyl (C=O) groups excluding carboxylic acids is 1. The lowest BCUT2D eigenvalue weighted by Gasteiger charge is -2.10. The standard InChI is InChI=1S/C9H17NO2S/c1-2-3-4-5-8(11)12-9-10-6-7-13-9/h9-10H,2-7H2,1H3. The van der Waals surface area contributed by atoms with Gasteiger partial charge in [-0.2, -0.15) is 0 Å². The number of nitrogens with one attached hydrogen (secondary N) is 1. The Kier molecular flexibility index (Phi) is 5.23. The van der Waals surface area contributed by atoms with E-state index in [2.05, 4.69) is 12.2 Å². The van der Waals surface area contributed by atoms with Gasteiger partial charge >= 0.3 is 5.97 Å². The number of ether oxygens (including phenoxy) is 1. The third-order valence-electron chi connectivity index (χ3n) is 1.91. The highest BCUT2D eigenvalue weighted by Crippen LogP contribution is 2.15. The Balaban J connectivity index is 2.02. The van der Waals surface area contributed by atoms with Crippen molar-refractivity contribution in [2.75, 3.05) is 12.3 Å². The number of hydrogen-bond donors (Lipinski definition) is 1. The van der Waals surface area contributed by atoms with Crippen LogP contribution >= 0.6 is 11.8 Å². The maximum absolute atomic E-state index is 11.2. The molecule has 1 unspecified atom stereocenters. The fourth-order valence-electron chi connectivity index (χ4n) is 1.18. The van der Waals surface area contributed by atoms with Crippen molar-refractivity contribution in [3.8, 4) is 0 Å². The molecule has 0 radical (unpaired) electrons. The van der Waals surface area contributed by atoms with Crippen LogP contribution in [0.1, 0.15) is 32.6 Å². The molecule has 0 aromatic rings. The van der Waals surface area contributed by atoms with E-state index >= 15 is 0 Å². The van der Waals surface area contributed by atoms with Gasteiger partial charge in [0.2, 0.25) is 5.56 Å². The van der Waals surface area contributed by atoms with Crippen molar-refractivity contribution in [3.05, 3.63) is 0 Å². The molecule has 1 N–H and O–H groups in total. The topological polar surface area (TPSA) is 38.3 Å². The van der Waals surface area contributed by atoms with Gasteiger partial charge in [-0.05, 0) is 6.42 Å². The van der Waals surface area contributed by atoms with E-state index in [0.717, 1.165) is 31.6 Å². The zero-order valence-electron chi connectivity index (χ0n) is 8.04. The summed E-state index contributed by atoms with van der Waals surface area (Å²) in [6.45, 7) is 3.07. The lowest BCUT2D eigenvalue weighted by Crippen LogP contribution is -2.25. The molecule has 1 heterocycles. The van der Waals surface area contributed by atoms with Crippen molar-refractivity contribution in [1.29, 1.82) is 0 Å². The molecule has 1 atom stereocenters. The molecular formula is C9H17NO2S. The van der Waals surface area contributed by atoms with Gasteiger partial charge in [0.1, 0.15) is 0 Å².